The third-order valence-electron chi connectivity index (χ3n) is 16.0. The molecule has 0 spiro atoms. The lowest BCUT2D eigenvalue weighted by molar-refractivity contribution is 0.687. The highest BCUT2D eigenvalue weighted by Crippen LogP contribution is 2.31. The average molecular weight is 1280 g/mol. The molecule has 0 saturated heterocycles. The number of hydrogen-bond acceptors (Lipinski definition) is 0. The number of aryl methyl sites for hydroxylation is 6. The number of nitrogens with zero attached hydrogens (tertiary/aromatic N) is 1. The van der Waals surface area contributed by atoms with Gasteiger partial charge in [-0.3, -0.25) is 0 Å². The molecule has 10 aromatic carbocycles. The molecule has 1 heterocycles. The number of allylic oxidation sites excluding steroid dienone is 4. The molecule has 0 atom stereocenters. The first-order valence-electron chi connectivity index (χ1n) is 37.5. The van der Waals surface area contributed by atoms with Gasteiger partial charge in [0.05, 0.1) is 0 Å². The normalized spacial score (nSPS) is 11.9. The van der Waals surface area contributed by atoms with Crippen LogP contribution in [0.25, 0.3) is 67.7 Å². The smallest absolute Gasteiger partial charge is 0.0488 e. The minimum absolute atomic E-state index is 1.12. The fourth-order valence-corrected chi connectivity index (χ4v) is 11.9. The average Bonchev–Trinajstić information content (AvgIpc) is 1.60. The molecule has 6 aliphatic rings. The topological polar surface area (TPSA) is 4.93 Å². The van der Waals surface area contributed by atoms with Crippen molar-refractivity contribution in [3.63, 3.8) is 0 Å². The van der Waals surface area contributed by atoms with Crippen LogP contribution in [0.15, 0.2) is 243 Å². The van der Waals surface area contributed by atoms with Crippen LogP contribution >= 0.6 is 0 Å². The van der Waals surface area contributed by atoms with Gasteiger partial charge in [-0.25, -0.2) is 0 Å². The maximum Gasteiger partial charge on any atom is 0.0488 e. The van der Waals surface area contributed by atoms with E-state index in [0.29, 0.717) is 0 Å². The van der Waals surface area contributed by atoms with Crippen LogP contribution in [-0.2, 0) is 58.4 Å². The Hall–Kier alpha value is -8.52. The zero-order valence-electron chi connectivity index (χ0n) is 63.3. The maximum atomic E-state index is 2.38. The van der Waals surface area contributed by atoms with E-state index in [9.17, 15) is 0 Å². The first-order chi connectivity index (χ1) is 47.6. The molecule has 96 heavy (non-hydrogen) atoms. The second kappa shape index (κ2) is 51.8. The van der Waals surface area contributed by atoms with E-state index in [4.69, 9.17) is 0 Å². The molecular weight excluding hydrogens is 1160 g/mol. The lowest BCUT2D eigenvalue weighted by Crippen LogP contribution is -2.01. The Balaban J connectivity index is 0.000000368. The van der Waals surface area contributed by atoms with Gasteiger partial charge in [-0.15, -0.1) is 0 Å². The molecule has 17 rings (SSSR count). The van der Waals surface area contributed by atoms with Gasteiger partial charge in [0.2, 0.25) is 0 Å². The van der Waals surface area contributed by atoms with Crippen molar-refractivity contribution in [1.29, 1.82) is 0 Å². The van der Waals surface area contributed by atoms with E-state index in [1.807, 2.05) is 125 Å². The minimum atomic E-state index is 1.12. The van der Waals surface area contributed by atoms with Crippen LogP contribution in [0.3, 0.4) is 0 Å². The molecule has 0 saturated carbocycles. The summed E-state index contributed by atoms with van der Waals surface area (Å²) in [5, 5.41) is 8.22. The first-order valence-corrected chi connectivity index (χ1v) is 37.5. The van der Waals surface area contributed by atoms with Crippen LogP contribution < -0.4 is 0 Å². The number of rotatable bonds is 0. The van der Waals surface area contributed by atoms with E-state index in [1.54, 1.807) is 22.3 Å². The summed E-state index contributed by atoms with van der Waals surface area (Å²) in [5.41, 5.74) is 20.3. The molecule has 0 radical (unpaired) electrons. The van der Waals surface area contributed by atoms with Crippen molar-refractivity contribution in [2.24, 2.45) is 7.05 Å². The van der Waals surface area contributed by atoms with Gasteiger partial charge < -0.3 is 4.57 Å². The molecule has 0 unspecified atom stereocenters. The molecule has 1 nitrogen and oxygen atoms in total. The third-order valence-corrected chi connectivity index (χ3v) is 16.0. The quantitative estimate of drug-likeness (QED) is 0.133. The molecule has 510 valence electrons. The van der Waals surface area contributed by atoms with Gasteiger partial charge in [-0.05, 0) is 177 Å². The zero-order valence-corrected chi connectivity index (χ0v) is 63.3. The van der Waals surface area contributed by atoms with Gasteiger partial charge in [-0.1, -0.05) is 379 Å². The first kappa shape index (κ1) is 83.6. The van der Waals surface area contributed by atoms with Crippen molar-refractivity contribution in [1.82, 2.24) is 4.57 Å². The molecule has 0 amide bonds. The van der Waals surface area contributed by atoms with Crippen LogP contribution in [0.2, 0.25) is 0 Å². The van der Waals surface area contributed by atoms with E-state index in [1.165, 1.54) is 146 Å². The van der Waals surface area contributed by atoms with Crippen molar-refractivity contribution in [3.05, 3.63) is 309 Å². The van der Waals surface area contributed by atoms with Crippen LogP contribution in [0.1, 0.15) is 217 Å². The second-order valence-corrected chi connectivity index (χ2v) is 21.1. The molecule has 6 aliphatic carbocycles. The summed E-state index contributed by atoms with van der Waals surface area (Å²) in [6.07, 6.45) is 32.7. The van der Waals surface area contributed by atoms with Gasteiger partial charge in [0.15, 0.2) is 0 Å². The zero-order chi connectivity index (χ0) is 70.7. The minimum Gasteiger partial charge on any atom is -0.344 e. The molecule has 11 aromatic rings. The Bertz CT molecular complexity index is 3750. The van der Waals surface area contributed by atoms with E-state index in [0.717, 1.165) is 19.3 Å². The van der Waals surface area contributed by atoms with Crippen molar-refractivity contribution in [2.45, 2.75) is 202 Å². The Kier molecular flexibility index (Phi) is 45.1. The standard InChI is InChI=1S/C14H14.C13H11N.C12H8.2C10H10.C9H10.C9H8.9C2H6/c1-2-6-12-10-14-8-4-3-7-13(14)9-11(12)5-1;1-14-12-8-4-2-6-10(12)11-7-3-5-9-13(11)14;1-3-9-4-2-6-11-8-7-10(5-1)12(9)11;2*1-2-6-10-8-4-3-7-9(10)5-1;2*1-2-5-9-7-3-6-8(9)4-1;9*1-2/h1-2,5-6,9-10H,3-4,7-8H2;2-9H,1H3;1-8H;1-3,5-7H,4,8H2;1-6H,7-8H2;1-2,4-5H,3,6-7H2;1-6H,7H2;9*1-2H3. The lowest BCUT2D eigenvalue weighted by atomic mass is 9.89. The van der Waals surface area contributed by atoms with Crippen LogP contribution in [0.5, 0.6) is 0 Å². The molecule has 1 heteroatoms. The summed E-state index contributed by atoms with van der Waals surface area (Å²) in [7, 11) is 2.12. The van der Waals surface area contributed by atoms with E-state index >= 15 is 0 Å². The largest absolute Gasteiger partial charge is 0.344 e. The Morgan fingerprint density at radius 1 is 0.240 bits per heavy atom. The number of fused-ring (bicyclic) bond motifs is 9. The molecule has 0 aliphatic heterocycles. The van der Waals surface area contributed by atoms with Crippen molar-refractivity contribution < 1.29 is 0 Å². The highest BCUT2D eigenvalue weighted by atomic mass is 14.9. The van der Waals surface area contributed by atoms with Crippen LogP contribution in [0, 0.1) is 0 Å². The summed E-state index contributed by atoms with van der Waals surface area (Å²) < 4.78 is 2.24. The SMILES string of the molecule is C1=CCc2ccccc2C1.C1=Cc2cccc3cccc1c23.C1=Cc2ccccc2C1.C1=Cc2ccccc2CC1.CC.CC.CC.CC.CC.CC.CC.CC.CC.Cn1c2ccccc2c2ccccc21.c1ccc2c(c1)CCC2.c1ccc2cc3c(cc2c1)CCCC3. The van der Waals surface area contributed by atoms with Crippen molar-refractivity contribution in [2.75, 3.05) is 0 Å². The van der Waals surface area contributed by atoms with Crippen molar-refractivity contribution >= 4 is 67.7 Å². The summed E-state index contributed by atoms with van der Waals surface area (Å²) in [6.45, 7) is 36.0. The van der Waals surface area contributed by atoms with Crippen molar-refractivity contribution in [3.8, 4) is 0 Å². The second-order valence-electron chi connectivity index (χ2n) is 21.1. The van der Waals surface area contributed by atoms with Gasteiger partial charge in [0, 0.05) is 28.9 Å². The number of para-hydroxylation sites is 2. The fraction of sp³-hybridized carbons (Fsp3) is 0.326. The molecular formula is C95H125N. The summed E-state index contributed by atoms with van der Waals surface area (Å²) in [5.74, 6) is 0. The Morgan fingerprint density at radius 2 is 0.573 bits per heavy atom. The van der Waals surface area contributed by atoms with Crippen LogP contribution in [-0.4, -0.2) is 4.57 Å². The Labute approximate surface area is 586 Å². The molecule has 0 fully saturated rings. The highest BCUT2D eigenvalue weighted by Gasteiger charge is 2.11. The number of aromatic nitrogens is 1. The predicted octanol–water partition coefficient (Wildman–Crippen LogP) is 29.0. The molecule has 0 N–H and O–H groups in total. The summed E-state index contributed by atoms with van der Waals surface area (Å²) in [4.78, 5) is 0. The monoisotopic (exact) mass is 1280 g/mol. The fourth-order valence-electron chi connectivity index (χ4n) is 11.9. The molecule has 1 aromatic heterocycles. The molecule has 0 bridgehead atoms. The van der Waals surface area contributed by atoms with E-state index in [-0.39, 0.29) is 0 Å². The van der Waals surface area contributed by atoms with E-state index in [2.05, 4.69) is 279 Å². The lowest BCUT2D eigenvalue weighted by Gasteiger charge is -2.16. The number of benzene rings is 10. The van der Waals surface area contributed by atoms with Gasteiger partial charge in [-0.2, -0.15) is 0 Å². The third kappa shape index (κ3) is 25.6. The van der Waals surface area contributed by atoms with Crippen LogP contribution in [0.4, 0.5) is 0 Å². The summed E-state index contributed by atoms with van der Waals surface area (Å²) in [6, 6.07) is 77.8. The predicted molar refractivity (Wildman–Crippen MR) is 440 cm³/mol. The van der Waals surface area contributed by atoms with Gasteiger partial charge in [0.25, 0.3) is 0 Å². The number of hydrogen-bond donors (Lipinski definition) is 0. The highest BCUT2D eigenvalue weighted by molar-refractivity contribution is 6.08. The van der Waals surface area contributed by atoms with Gasteiger partial charge >= 0.3 is 0 Å². The maximum absolute atomic E-state index is 2.38. The van der Waals surface area contributed by atoms with E-state index < -0.39 is 0 Å². The van der Waals surface area contributed by atoms with Gasteiger partial charge in [0.1, 0.15) is 0 Å². The Morgan fingerprint density at radius 3 is 1.02 bits per heavy atom. The summed E-state index contributed by atoms with van der Waals surface area (Å²) >= 11 is 0.